The van der Waals surface area contributed by atoms with Crippen LogP contribution in [0.15, 0.2) is 53.0 Å². The lowest BCUT2D eigenvalue weighted by molar-refractivity contribution is -0.116. The Morgan fingerprint density at radius 2 is 2.08 bits per heavy atom. The van der Waals surface area contributed by atoms with Crippen molar-refractivity contribution in [1.82, 2.24) is 5.32 Å². The van der Waals surface area contributed by atoms with E-state index in [2.05, 4.69) is 21.2 Å². The van der Waals surface area contributed by atoms with Crippen molar-refractivity contribution in [3.05, 3.63) is 64.4 Å². The first-order valence-corrected chi connectivity index (χ1v) is 8.20. The van der Waals surface area contributed by atoms with Crippen LogP contribution in [0.25, 0.3) is 6.08 Å². The molecule has 1 N–H and O–H groups in total. The second-order valence-electron chi connectivity index (χ2n) is 5.24. The minimum Gasteiger partial charge on any atom is -0.486 e. The normalized spacial score (nSPS) is 16.2. The largest absolute Gasteiger partial charge is 0.486 e. The number of carbonyl (C=O) groups excluding carboxylic acids is 1. The van der Waals surface area contributed by atoms with Crippen LogP contribution < -0.4 is 14.8 Å². The second-order valence-corrected chi connectivity index (χ2v) is 6.16. The molecule has 0 bridgehead atoms. The van der Waals surface area contributed by atoms with E-state index in [0.29, 0.717) is 30.2 Å². The number of halogens is 2. The smallest absolute Gasteiger partial charge is 0.244 e. The first-order valence-electron chi connectivity index (χ1n) is 7.41. The van der Waals surface area contributed by atoms with E-state index in [4.69, 9.17) is 9.47 Å². The number of benzene rings is 2. The summed E-state index contributed by atoms with van der Waals surface area (Å²) in [7, 11) is 0. The lowest BCUT2D eigenvalue weighted by Crippen LogP contribution is -2.40. The van der Waals surface area contributed by atoms with E-state index in [1.807, 2.05) is 24.3 Å². The predicted molar refractivity (Wildman–Crippen MR) is 92.5 cm³/mol. The number of fused-ring (bicyclic) bond motifs is 1. The molecule has 0 saturated carbocycles. The third-order valence-electron chi connectivity index (χ3n) is 3.44. The molecule has 124 valence electrons. The standard InChI is InChI=1S/C18H15BrFNO3/c19-13-6-7-15(20)12(9-13)5-8-18(22)21-10-14-11-23-16-3-1-2-4-17(16)24-14/h1-9,14H,10-11H2,(H,21,22)/b8-5+/t14-/m0/s1. The summed E-state index contributed by atoms with van der Waals surface area (Å²) in [5.41, 5.74) is 0.339. The molecular weight excluding hydrogens is 377 g/mol. The van der Waals surface area contributed by atoms with Gasteiger partial charge in [0.1, 0.15) is 18.5 Å². The SMILES string of the molecule is O=C(/C=C/c1cc(Br)ccc1F)NC[C@H]1COc2ccccc2O1. The van der Waals surface area contributed by atoms with Crippen molar-refractivity contribution in [2.75, 3.05) is 13.2 Å². The number of ether oxygens (including phenoxy) is 2. The lowest BCUT2D eigenvalue weighted by Gasteiger charge is -2.26. The fraction of sp³-hybridized carbons (Fsp3) is 0.167. The highest BCUT2D eigenvalue weighted by atomic mass is 79.9. The van der Waals surface area contributed by atoms with E-state index in [1.54, 1.807) is 12.1 Å². The van der Waals surface area contributed by atoms with Crippen molar-refractivity contribution in [3.8, 4) is 11.5 Å². The third-order valence-corrected chi connectivity index (χ3v) is 3.94. The molecule has 0 saturated heterocycles. The first-order chi connectivity index (χ1) is 11.6. The topological polar surface area (TPSA) is 47.6 Å². The molecule has 1 atom stereocenters. The van der Waals surface area contributed by atoms with E-state index in [9.17, 15) is 9.18 Å². The average molecular weight is 392 g/mol. The van der Waals surface area contributed by atoms with Gasteiger partial charge in [-0.3, -0.25) is 4.79 Å². The third kappa shape index (κ3) is 4.14. The highest BCUT2D eigenvalue weighted by Crippen LogP contribution is 2.30. The maximum atomic E-state index is 13.6. The van der Waals surface area contributed by atoms with Crippen LogP contribution in [0.3, 0.4) is 0 Å². The van der Waals surface area contributed by atoms with Crippen molar-refractivity contribution < 1.29 is 18.7 Å². The highest BCUT2D eigenvalue weighted by Gasteiger charge is 2.20. The van der Waals surface area contributed by atoms with Crippen LogP contribution in [0, 0.1) is 5.82 Å². The average Bonchev–Trinajstić information content (AvgIpc) is 2.60. The lowest BCUT2D eigenvalue weighted by atomic mass is 10.2. The maximum absolute atomic E-state index is 13.6. The highest BCUT2D eigenvalue weighted by molar-refractivity contribution is 9.10. The van der Waals surface area contributed by atoms with Gasteiger partial charge < -0.3 is 14.8 Å². The minimum absolute atomic E-state index is 0.264. The second kappa shape index (κ2) is 7.49. The molecule has 3 rings (SSSR count). The molecule has 24 heavy (non-hydrogen) atoms. The molecule has 0 unspecified atom stereocenters. The summed E-state index contributed by atoms with van der Waals surface area (Å²) in [5.74, 6) is 0.652. The summed E-state index contributed by atoms with van der Waals surface area (Å²) in [6, 6.07) is 11.9. The molecule has 1 aliphatic heterocycles. The molecule has 0 spiro atoms. The Balaban J connectivity index is 1.53. The van der Waals surface area contributed by atoms with Crippen molar-refractivity contribution in [2.45, 2.75) is 6.10 Å². The van der Waals surface area contributed by atoms with E-state index < -0.39 is 0 Å². The molecule has 6 heteroatoms. The summed E-state index contributed by atoms with van der Waals surface area (Å²) in [5, 5.41) is 2.72. The molecule has 2 aromatic carbocycles. The van der Waals surface area contributed by atoms with E-state index >= 15 is 0 Å². The Labute approximate surface area is 147 Å². The fourth-order valence-electron chi connectivity index (χ4n) is 2.24. The van der Waals surface area contributed by atoms with Crippen LogP contribution in [0.5, 0.6) is 11.5 Å². The van der Waals surface area contributed by atoms with Gasteiger partial charge in [-0.25, -0.2) is 4.39 Å². The van der Waals surface area contributed by atoms with Crippen molar-refractivity contribution >= 4 is 27.9 Å². The van der Waals surface area contributed by atoms with E-state index in [0.717, 1.165) is 4.47 Å². The first kappa shape index (κ1) is 16.5. The number of hydrogen-bond acceptors (Lipinski definition) is 3. The van der Waals surface area contributed by atoms with E-state index in [1.165, 1.54) is 18.2 Å². The number of rotatable bonds is 4. The summed E-state index contributed by atoms with van der Waals surface area (Å²) in [4.78, 5) is 11.9. The molecule has 2 aromatic rings. The summed E-state index contributed by atoms with van der Waals surface area (Å²) in [6.07, 6.45) is 2.46. The quantitative estimate of drug-likeness (QED) is 0.810. The molecule has 0 aromatic heterocycles. The summed E-state index contributed by atoms with van der Waals surface area (Å²) in [6.45, 7) is 0.666. The van der Waals surface area contributed by atoms with Gasteiger partial charge in [-0.2, -0.15) is 0 Å². The van der Waals surface area contributed by atoms with Gasteiger partial charge in [-0.1, -0.05) is 28.1 Å². The Hall–Kier alpha value is -2.34. The monoisotopic (exact) mass is 391 g/mol. The zero-order chi connectivity index (χ0) is 16.9. The number of nitrogens with one attached hydrogen (secondary N) is 1. The van der Waals surface area contributed by atoms with Gasteiger partial charge >= 0.3 is 0 Å². The van der Waals surface area contributed by atoms with Gasteiger partial charge in [-0.05, 0) is 36.4 Å². The van der Waals surface area contributed by atoms with E-state index in [-0.39, 0.29) is 17.8 Å². The summed E-state index contributed by atoms with van der Waals surface area (Å²) >= 11 is 3.27. The molecule has 0 radical (unpaired) electrons. The van der Waals surface area contributed by atoms with Crippen LogP contribution in [-0.2, 0) is 4.79 Å². The van der Waals surface area contributed by atoms with Crippen LogP contribution >= 0.6 is 15.9 Å². The molecular formula is C18H15BrFNO3. The number of hydrogen-bond donors (Lipinski definition) is 1. The van der Waals surface area contributed by atoms with Crippen molar-refractivity contribution in [1.29, 1.82) is 0 Å². The Bertz CT molecular complexity index is 779. The molecule has 0 fully saturated rings. The predicted octanol–water partition coefficient (Wildman–Crippen LogP) is 3.56. The summed E-state index contributed by atoms with van der Waals surface area (Å²) < 4.78 is 25.7. The van der Waals surface area contributed by atoms with Gasteiger partial charge in [0.25, 0.3) is 0 Å². The Kier molecular flexibility index (Phi) is 5.15. The van der Waals surface area contributed by atoms with Crippen LogP contribution in [-0.4, -0.2) is 25.2 Å². The number of carbonyl (C=O) groups is 1. The zero-order valence-corrected chi connectivity index (χ0v) is 14.3. The van der Waals surface area contributed by atoms with Gasteiger partial charge in [-0.15, -0.1) is 0 Å². The van der Waals surface area contributed by atoms with Crippen LogP contribution in [0.1, 0.15) is 5.56 Å². The van der Waals surface area contributed by atoms with Gasteiger partial charge in [0.2, 0.25) is 5.91 Å². The zero-order valence-electron chi connectivity index (χ0n) is 12.7. The molecule has 1 aliphatic rings. The van der Waals surface area contributed by atoms with Crippen LogP contribution in [0.4, 0.5) is 4.39 Å². The van der Waals surface area contributed by atoms with Crippen molar-refractivity contribution in [3.63, 3.8) is 0 Å². The molecule has 0 aliphatic carbocycles. The maximum Gasteiger partial charge on any atom is 0.244 e. The molecule has 4 nitrogen and oxygen atoms in total. The fourth-order valence-corrected chi connectivity index (χ4v) is 2.62. The molecule has 1 heterocycles. The number of para-hydroxylation sites is 2. The minimum atomic E-state index is -0.386. The van der Waals surface area contributed by atoms with Crippen molar-refractivity contribution in [2.24, 2.45) is 0 Å². The van der Waals surface area contributed by atoms with Gasteiger partial charge in [0, 0.05) is 16.1 Å². The Morgan fingerprint density at radius 3 is 2.92 bits per heavy atom. The molecule has 1 amide bonds. The number of amides is 1. The van der Waals surface area contributed by atoms with Gasteiger partial charge in [0.05, 0.1) is 6.54 Å². The Morgan fingerprint density at radius 1 is 1.29 bits per heavy atom. The van der Waals surface area contributed by atoms with Crippen LogP contribution in [0.2, 0.25) is 0 Å². The van der Waals surface area contributed by atoms with Gasteiger partial charge in [0.15, 0.2) is 11.5 Å².